The molecule has 0 aromatic heterocycles. The Hall–Kier alpha value is -2.16. The second-order valence-electron chi connectivity index (χ2n) is 4.65. The Morgan fingerprint density at radius 1 is 1.21 bits per heavy atom. The number of allylic oxidation sites excluding steroid dienone is 3. The van der Waals surface area contributed by atoms with Crippen molar-refractivity contribution in [1.29, 1.82) is 0 Å². The molecular formula is C16H16O3. The number of rotatable bonds is 4. The molecule has 0 fully saturated rings. The van der Waals surface area contributed by atoms with E-state index in [0.717, 1.165) is 12.0 Å². The molecular weight excluding hydrogens is 240 g/mol. The Balaban J connectivity index is 2.37. The van der Waals surface area contributed by atoms with Crippen LogP contribution in [0.15, 0.2) is 48.6 Å². The van der Waals surface area contributed by atoms with Gasteiger partial charge in [0.1, 0.15) is 0 Å². The minimum absolute atomic E-state index is 0.202. The molecule has 98 valence electrons. The predicted molar refractivity (Wildman–Crippen MR) is 73.1 cm³/mol. The van der Waals surface area contributed by atoms with Crippen molar-refractivity contribution in [3.05, 3.63) is 59.7 Å². The quantitative estimate of drug-likeness (QED) is 0.665. The summed E-state index contributed by atoms with van der Waals surface area (Å²) in [5, 5.41) is 9.42. The van der Waals surface area contributed by atoms with Gasteiger partial charge in [-0.1, -0.05) is 55.5 Å². The average molecular weight is 256 g/mol. The molecule has 0 aliphatic heterocycles. The van der Waals surface area contributed by atoms with Crippen LogP contribution in [-0.4, -0.2) is 16.9 Å². The molecule has 0 spiro atoms. The van der Waals surface area contributed by atoms with Gasteiger partial charge < -0.3 is 5.11 Å². The van der Waals surface area contributed by atoms with Crippen LogP contribution in [0.1, 0.15) is 29.3 Å². The Kier molecular flexibility index (Phi) is 3.65. The van der Waals surface area contributed by atoms with E-state index in [4.69, 9.17) is 0 Å². The number of carbonyl (C=O) groups is 2. The van der Waals surface area contributed by atoms with Gasteiger partial charge in [0.05, 0.1) is 0 Å². The summed E-state index contributed by atoms with van der Waals surface area (Å²) in [4.78, 5) is 24.0. The molecule has 1 aliphatic rings. The van der Waals surface area contributed by atoms with E-state index in [-0.39, 0.29) is 12.2 Å². The zero-order chi connectivity index (χ0) is 13.9. The van der Waals surface area contributed by atoms with Gasteiger partial charge in [0, 0.05) is 5.56 Å². The summed E-state index contributed by atoms with van der Waals surface area (Å²) in [7, 11) is 0. The van der Waals surface area contributed by atoms with Gasteiger partial charge in [0.25, 0.3) is 0 Å². The van der Waals surface area contributed by atoms with Crippen molar-refractivity contribution >= 4 is 11.8 Å². The third-order valence-corrected chi connectivity index (χ3v) is 3.48. The molecule has 3 heteroatoms. The van der Waals surface area contributed by atoms with E-state index >= 15 is 0 Å². The van der Waals surface area contributed by atoms with Crippen LogP contribution in [0.2, 0.25) is 0 Å². The number of hydrogen-bond acceptors (Lipinski definition) is 2. The Labute approximate surface area is 112 Å². The molecule has 1 aromatic rings. The monoisotopic (exact) mass is 256 g/mol. The number of Topliss-reactive ketones (excluding diaryl/α,β-unsaturated/α-hetero) is 1. The highest BCUT2D eigenvalue weighted by molar-refractivity contribution is 6.14. The molecule has 1 atom stereocenters. The third kappa shape index (κ3) is 2.36. The molecule has 3 nitrogen and oxygen atoms in total. The Bertz CT molecular complexity index is 552. The minimum atomic E-state index is -1.46. The van der Waals surface area contributed by atoms with Crippen molar-refractivity contribution in [3.63, 3.8) is 0 Å². The smallest absolute Gasteiger partial charge is 0.321 e. The van der Waals surface area contributed by atoms with Crippen LogP contribution in [0.3, 0.4) is 0 Å². The van der Waals surface area contributed by atoms with Crippen molar-refractivity contribution in [2.45, 2.75) is 19.8 Å². The Morgan fingerprint density at radius 3 is 2.37 bits per heavy atom. The number of carboxylic acids is 1. The van der Waals surface area contributed by atoms with Crippen molar-refractivity contribution < 1.29 is 14.7 Å². The topological polar surface area (TPSA) is 54.4 Å². The lowest BCUT2D eigenvalue weighted by Crippen LogP contribution is -2.38. The fourth-order valence-electron chi connectivity index (χ4n) is 2.19. The van der Waals surface area contributed by atoms with Crippen LogP contribution in [0.25, 0.3) is 0 Å². The molecule has 0 bridgehead atoms. The first kappa shape index (κ1) is 13.3. The summed E-state index contributed by atoms with van der Waals surface area (Å²) in [5.41, 5.74) is 0.113. The zero-order valence-corrected chi connectivity index (χ0v) is 10.8. The lowest BCUT2D eigenvalue weighted by molar-refractivity contribution is -0.143. The first-order valence-electron chi connectivity index (χ1n) is 6.31. The number of hydrogen-bond donors (Lipinski definition) is 1. The minimum Gasteiger partial charge on any atom is -0.480 e. The SMILES string of the molecule is CCc1ccc(C(=O)C2(C(=O)O)C=CC=CC2)cc1. The van der Waals surface area contributed by atoms with Crippen LogP contribution in [0, 0.1) is 5.41 Å². The zero-order valence-electron chi connectivity index (χ0n) is 10.8. The number of aryl methyl sites for hydroxylation is 1. The normalized spacial score (nSPS) is 21.3. The van der Waals surface area contributed by atoms with E-state index in [1.807, 2.05) is 19.1 Å². The van der Waals surface area contributed by atoms with Gasteiger partial charge in [0.2, 0.25) is 0 Å². The van der Waals surface area contributed by atoms with E-state index in [2.05, 4.69) is 0 Å². The van der Waals surface area contributed by atoms with Crippen molar-refractivity contribution in [1.82, 2.24) is 0 Å². The molecule has 0 saturated carbocycles. The van der Waals surface area contributed by atoms with E-state index in [1.54, 1.807) is 30.4 Å². The third-order valence-electron chi connectivity index (χ3n) is 3.48. The number of carboxylic acid groups (broad SMARTS) is 1. The highest BCUT2D eigenvalue weighted by Gasteiger charge is 2.43. The predicted octanol–water partition coefficient (Wildman–Crippen LogP) is 3.02. The summed E-state index contributed by atoms with van der Waals surface area (Å²) in [6.07, 6.45) is 7.66. The number of aliphatic carboxylic acids is 1. The number of ketones is 1. The molecule has 0 amide bonds. The maximum absolute atomic E-state index is 12.5. The van der Waals surface area contributed by atoms with Crippen molar-refractivity contribution in [2.75, 3.05) is 0 Å². The molecule has 1 N–H and O–H groups in total. The summed E-state index contributed by atoms with van der Waals surface area (Å²) in [6, 6.07) is 7.15. The molecule has 0 radical (unpaired) electrons. The van der Waals surface area contributed by atoms with Gasteiger partial charge in [-0.25, -0.2) is 0 Å². The second kappa shape index (κ2) is 5.22. The highest BCUT2D eigenvalue weighted by atomic mass is 16.4. The van der Waals surface area contributed by atoms with Gasteiger partial charge >= 0.3 is 5.97 Å². The van der Waals surface area contributed by atoms with Crippen molar-refractivity contribution in [2.24, 2.45) is 5.41 Å². The fraction of sp³-hybridized carbons (Fsp3) is 0.250. The molecule has 1 aliphatic carbocycles. The molecule has 1 aromatic carbocycles. The fourth-order valence-corrected chi connectivity index (χ4v) is 2.19. The first-order valence-corrected chi connectivity index (χ1v) is 6.31. The van der Waals surface area contributed by atoms with Gasteiger partial charge in [0.15, 0.2) is 11.2 Å². The van der Waals surface area contributed by atoms with Crippen LogP contribution < -0.4 is 0 Å². The molecule has 19 heavy (non-hydrogen) atoms. The van der Waals surface area contributed by atoms with E-state index in [9.17, 15) is 14.7 Å². The average Bonchev–Trinajstić information content (AvgIpc) is 2.47. The van der Waals surface area contributed by atoms with Crippen LogP contribution >= 0.6 is 0 Å². The molecule has 0 saturated heterocycles. The van der Waals surface area contributed by atoms with E-state index in [0.29, 0.717) is 5.56 Å². The largest absolute Gasteiger partial charge is 0.480 e. The highest BCUT2D eigenvalue weighted by Crippen LogP contribution is 2.32. The summed E-state index contributed by atoms with van der Waals surface area (Å²) < 4.78 is 0. The van der Waals surface area contributed by atoms with Gasteiger partial charge in [-0.15, -0.1) is 0 Å². The van der Waals surface area contributed by atoms with Crippen LogP contribution in [-0.2, 0) is 11.2 Å². The maximum Gasteiger partial charge on any atom is 0.321 e. The van der Waals surface area contributed by atoms with Crippen molar-refractivity contribution in [3.8, 4) is 0 Å². The lowest BCUT2D eigenvalue weighted by atomic mass is 9.75. The second-order valence-corrected chi connectivity index (χ2v) is 4.65. The van der Waals surface area contributed by atoms with E-state index < -0.39 is 11.4 Å². The van der Waals surface area contributed by atoms with Gasteiger partial charge in [-0.2, -0.15) is 0 Å². The van der Waals surface area contributed by atoms with Gasteiger partial charge in [-0.3, -0.25) is 9.59 Å². The van der Waals surface area contributed by atoms with Crippen LogP contribution in [0.5, 0.6) is 0 Å². The molecule has 2 rings (SSSR count). The summed E-state index contributed by atoms with van der Waals surface area (Å²) in [6.45, 7) is 2.03. The standard InChI is InChI=1S/C16H16O3/c1-2-12-6-8-13(9-7-12)14(17)16(15(18)19)10-4-3-5-11-16/h3-10H,2,11H2,1H3,(H,18,19). The maximum atomic E-state index is 12.5. The molecule has 0 heterocycles. The summed E-state index contributed by atoms with van der Waals surface area (Å²) in [5.74, 6) is -1.46. The molecule has 1 unspecified atom stereocenters. The summed E-state index contributed by atoms with van der Waals surface area (Å²) >= 11 is 0. The lowest BCUT2D eigenvalue weighted by Gasteiger charge is -2.25. The number of carbonyl (C=O) groups excluding carboxylic acids is 1. The van der Waals surface area contributed by atoms with Gasteiger partial charge in [-0.05, 0) is 18.4 Å². The van der Waals surface area contributed by atoms with Crippen LogP contribution in [0.4, 0.5) is 0 Å². The van der Waals surface area contributed by atoms with E-state index in [1.165, 1.54) is 6.08 Å². The first-order chi connectivity index (χ1) is 9.10. The number of benzene rings is 1. The Morgan fingerprint density at radius 2 is 1.89 bits per heavy atom.